The quantitative estimate of drug-likeness (QED) is 0.0910. The van der Waals surface area contributed by atoms with Crippen LogP contribution in [0.5, 0.6) is 11.5 Å². The number of thiophene rings is 1. The zero-order valence-electron chi connectivity index (χ0n) is 25.2. The Bertz CT molecular complexity index is 509. The molecule has 0 N–H and O–H groups in total. The van der Waals surface area contributed by atoms with Crippen LogP contribution < -0.4 is 9.47 Å². The third-order valence-corrected chi connectivity index (χ3v) is 8.30. The molecule has 1 rings (SSSR count). The highest BCUT2D eigenvalue weighted by atomic mass is 32.1. The molecule has 0 aliphatic rings. The number of ether oxygens (including phenoxy) is 2. The first-order chi connectivity index (χ1) is 18.4. The zero-order chi connectivity index (χ0) is 26.5. The van der Waals surface area contributed by atoms with Crippen molar-refractivity contribution in [2.24, 2.45) is 0 Å². The van der Waals surface area contributed by atoms with Crippen LogP contribution in [0.1, 0.15) is 181 Å². The average molecular weight is 537 g/mol. The summed E-state index contributed by atoms with van der Waals surface area (Å²) in [7, 11) is 0. The second-order valence-electron chi connectivity index (χ2n) is 11.3. The van der Waals surface area contributed by atoms with E-state index in [4.69, 9.17) is 9.47 Å². The summed E-state index contributed by atoms with van der Waals surface area (Å²) in [6.07, 6.45) is 36.1. The molecular weight excluding hydrogens is 472 g/mol. The van der Waals surface area contributed by atoms with Gasteiger partial charge in [-0.2, -0.15) is 0 Å². The van der Waals surface area contributed by atoms with Crippen LogP contribution in [0.25, 0.3) is 0 Å². The van der Waals surface area contributed by atoms with Gasteiger partial charge in [0.15, 0.2) is 11.5 Å². The molecule has 0 aliphatic carbocycles. The molecule has 0 aromatic carbocycles. The van der Waals surface area contributed by atoms with E-state index in [-0.39, 0.29) is 0 Å². The maximum Gasteiger partial charge on any atom is 0.171 e. The Kier molecular flexibility index (Phi) is 26.3. The molecule has 0 unspecified atom stereocenters. The van der Waals surface area contributed by atoms with E-state index in [1.807, 2.05) is 0 Å². The molecular formula is C34H64O2S. The van der Waals surface area contributed by atoms with Gasteiger partial charge < -0.3 is 9.47 Å². The Labute approximate surface area is 236 Å². The highest BCUT2D eigenvalue weighted by Gasteiger charge is 2.06. The highest BCUT2D eigenvalue weighted by Crippen LogP contribution is 2.32. The number of unbranched alkanes of at least 4 members (excludes halogenated alkanes) is 24. The maximum absolute atomic E-state index is 6.03. The van der Waals surface area contributed by atoms with Crippen molar-refractivity contribution in [2.75, 3.05) is 13.2 Å². The average Bonchev–Trinajstić information content (AvgIpc) is 3.36. The van der Waals surface area contributed by atoms with Crippen molar-refractivity contribution < 1.29 is 9.47 Å². The number of hydrogen-bond donors (Lipinski definition) is 0. The minimum atomic E-state index is 0.823. The summed E-state index contributed by atoms with van der Waals surface area (Å²) >= 11 is 1.69. The minimum Gasteiger partial charge on any atom is -0.489 e. The lowest BCUT2D eigenvalue weighted by Crippen LogP contribution is -2.01. The lowest BCUT2D eigenvalue weighted by atomic mass is 10.0. The summed E-state index contributed by atoms with van der Waals surface area (Å²) in [6, 6.07) is 0. The highest BCUT2D eigenvalue weighted by molar-refractivity contribution is 7.08. The summed E-state index contributed by atoms with van der Waals surface area (Å²) in [6.45, 7) is 6.23. The largest absolute Gasteiger partial charge is 0.489 e. The Balaban J connectivity index is 1.85. The van der Waals surface area contributed by atoms with Gasteiger partial charge in [0.2, 0.25) is 0 Å². The molecule has 1 aromatic rings. The molecule has 0 radical (unpaired) electrons. The Morgan fingerprint density at radius 1 is 0.378 bits per heavy atom. The summed E-state index contributed by atoms with van der Waals surface area (Å²) in [5.74, 6) is 1.91. The van der Waals surface area contributed by atoms with Gasteiger partial charge in [-0.05, 0) is 12.8 Å². The molecule has 1 aromatic heterocycles. The molecule has 0 fully saturated rings. The molecule has 0 atom stereocenters. The van der Waals surface area contributed by atoms with E-state index in [0.717, 1.165) is 37.6 Å². The fourth-order valence-electron chi connectivity index (χ4n) is 5.09. The second-order valence-corrected chi connectivity index (χ2v) is 12.0. The minimum absolute atomic E-state index is 0.823. The molecule has 1 heterocycles. The van der Waals surface area contributed by atoms with Crippen LogP contribution in [-0.2, 0) is 0 Å². The standard InChI is InChI=1S/C34H64O2S/c1-3-5-7-9-11-13-15-17-19-21-23-25-27-29-35-33-31-37-32-34(33)36-30-28-26-24-22-20-18-16-14-12-10-8-6-4-2/h31-32H,3-30H2,1-2H3. The number of rotatable bonds is 30. The second kappa shape index (κ2) is 28.3. The van der Waals surface area contributed by atoms with Crippen molar-refractivity contribution in [3.8, 4) is 11.5 Å². The van der Waals surface area contributed by atoms with E-state index in [1.54, 1.807) is 11.3 Å². The molecule has 0 spiro atoms. The fraction of sp³-hybridized carbons (Fsp3) is 0.882. The van der Waals surface area contributed by atoms with Crippen LogP contribution in [0.2, 0.25) is 0 Å². The van der Waals surface area contributed by atoms with Crippen molar-refractivity contribution in [3.63, 3.8) is 0 Å². The van der Waals surface area contributed by atoms with Gasteiger partial charge in [0.05, 0.1) is 13.2 Å². The molecule has 3 heteroatoms. The molecule has 218 valence electrons. The summed E-state index contributed by atoms with van der Waals surface area (Å²) < 4.78 is 12.1. The van der Waals surface area contributed by atoms with Crippen molar-refractivity contribution in [2.45, 2.75) is 181 Å². The normalized spacial score (nSPS) is 11.3. The third kappa shape index (κ3) is 22.9. The van der Waals surface area contributed by atoms with E-state index in [1.165, 1.54) is 154 Å². The summed E-state index contributed by atoms with van der Waals surface area (Å²) in [5, 5.41) is 4.20. The van der Waals surface area contributed by atoms with Crippen LogP contribution in [-0.4, -0.2) is 13.2 Å². The molecule has 0 saturated carbocycles. The van der Waals surface area contributed by atoms with Crippen LogP contribution in [0.4, 0.5) is 0 Å². The van der Waals surface area contributed by atoms with Gasteiger partial charge in [-0.25, -0.2) is 0 Å². The van der Waals surface area contributed by atoms with E-state index >= 15 is 0 Å². The molecule has 0 saturated heterocycles. The lowest BCUT2D eigenvalue weighted by Gasteiger charge is -2.09. The maximum atomic E-state index is 6.03. The SMILES string of the molecule is CCCCCCCCCCCCCCCOc1cscc1OCCCCCCCCCCCCCCC. The van der Waals surface area contributed by atoms with Gasteiger partial charge >= 0.3 is 0 Å². The summed E-state index contributed by atoms with van der Waals surface area (Å²) in [5.41, 5.74) is 0. The molecule has 37 heavy (non-hydrogen) atoms. The van der Waals surface area contributed by atoms with Crippen molar-refractivity contribution in [1.29, 1.82) is 0 Å². The first kappa shape index (κ1) is 34.3. The van der Waals surface area contributed by atoms with Gasteiger partial charge in [-0.1, -0.05) is 168 Å². The Morgan fingerprint density at radius 3 is 0.892 bits per heavy atom. The smallest absolute Gasteiger partial charge is 0.171 e. The lowest BCUT2D eigenvalue weighted by molar-refractivity contribution is 0.260. The zero-order valence-corrected chi connectivity index (χ0v) is 26.0. The van der Waals surface area contributed by atoms with Gasteiger partial charge in [-0.3, -0.25) is 0 Å². The van der Waals surface area contributed by atoms with E-state index in [2.05, 4.69) is 24.6 Å². The first-order valence-corrected chi connectivity index (χ1v) is 17.6. The topological polar surface area (TPSA) is 18.5 Å². The van der Waals surface area contributed by atoms with Crippen molar-refractivity contribution >= 4 is 11.3 Å². The van der Waals surface area contributed by atoms with Crippen LogP contribution in [0.3, 0.4) is 0 Å². The van der Waals surface area contributed by atoms with E-state index in [9.17, 15) is 0 Å². The number of hydrogen-bond acceptors (Lipinski definition) is 3. The fourth-order valence-corrected chi connectivity index (χ4v) is 5.77. The Morgan fingerprint density at radius 2 is 0.622 bits per heavy atom. The van der Waals surface area contributed by atoms with E-state index in [0.29, 0.717) is 0 Å². The van der Waals surface area contributed by atoms with Gasteiger partial charge in [0.25, 0.3) is 0 Å². The van der Waals surface area contributed by atoms with Crippen molar-refractivity contribution in [3.05, 3.63) is 10.8 Å². The molecule has 2 nitrogen and oxygen atoms in total. The third-order valence-electron chi connectivity index (χ3n) is 7.60. The molecule has 0 aliphatic heterocycles. The van der Waals surface area contributed by atoms with Crippen LogP contribution in [0.15, 0.2) is 10.8 Å². The summed E-state index contributed by atoms with van der Waals surface area (Å²) in [4.78, 5) is 0. The van der Waals surface area contributed by atoms with Crippen molar-refractivity contribution in [1.82, 2.24) is 0 Å². The Hall–Kier alpha value is -0.700. The molecule has 0 amide bonds. The van der Waals surface area contributed by atoms with E-state index < -0.39 is 0 Å². The van der Waals surface area contributed by atoms with Gasteiger partial charge in [0.1, 0.15) is 0 Å². The van der Waals surface area contributed by atoms with Crippen LogP contribution in [0, 0.1) is 0 Å². The molecule has 0 bridgehead atoms. The first-order valence-electron chi connectivity index (χ1n) is 16.7. The van der Waals surface area contributed by atoms with Crippen LogP contribution >= 0.6 is 11.3 Å². The predicted molar refractivity (Wildman–Crippen MR) is 167 cm³/mol. The van der Waals surface area contributed by atoms with Gasteiger partial charge in [0, 0.05) is 10.8 Å². The predicted octanol–water partition coefficient (Wildman–Crippen LogP) is 12.7. The monoisotopic (exact) mass is 536 g/mol. The van der Waals surface area contributed by atoms with Gasteiger partial charge in [-0.15, -0.1) is 11.3 Å².